The minimum Gasteiger partial charge on any atom is -0.354 e. The molecule has 4 heteroatoms. The van der Waals surface area contributed by atoms with Gasteiger partial charge in [0.1, 0.15) is 6.04 Å². The molecule has 4 nitrogen and oxygen atoms in total. The summed E-state index contributed by atoms with van der Waals surface area (Å²) < 4.78 is 0. The number of nitrogens with one attached hydrogen (secondary N) is 1. The number of amides is 2. The van der Waals surface area contributed by atoms with Crippen LogP contribution in [0.1, 0.15) is 43.9 Å². The van der Waals surface area contributed by atoms with Gasteiger partial charge in [0.2, 0.25) is 11.8 Å². The summed E-state index contributed by atoms with van der Waals surface area (Å²) in [6.45, 7) is 6.18. The standard InChI is InChI=1S/C16H24N2O2/c1-5-6-11-17-16(20)15(18(4)13(3)19)14-9-7-12(2)8-10-14/h7-10,15H,5-6,11H2,1-4H3,(H,17,20). The van der Waals surface area contributed by atoms with Gasteiger partial charge in [-0.3, -0.25) is 9.59 Å². The lowest BCUT2D eigenvalue weighted by atomic mass is 10.0. The second kappa shape index (κ2) is 7.68. The molecule has 0 aromatic heterocycles. The van der Waals surface area contributed by atoms with Crippen LogP contribution >= 0.6 is 0 Å². The Balaban J connectivity index is 2.93. The quantitative estimate of drug-likeness (QED) is 0.811. The van der Waals surface area contributed by atoms with E-state index in [1.807, 2.05) is 31.2 Å². The first-order valence-corrected chi connectivity index (χ1v) is 7.05. The molecule has 20 heavy (non-hydrogen) atoms. The van der Waals surface area contributed by atoms with Gasteiger partial charge in [-0.25, -0.2) is 0 Å². The third-order valence-electron chi connectivity index (χ3n) is 3.35. The van der Waals surface area contributed by atoms with Gasteiger partial charge in [-0.05, 0) is 18.9 Å². The number of unbranched alkanes of at least 4 members (excludes halogenated alkanes) is 1. The molecule has 0 heterocycles. The van der Waals surface area contributed by atoms with Gasteiger partial charge in [-0.15, -0.1) is 0 Å². The fourth-order valence-corrected chi connectivity index (χ4v) is 1.97. The van der Waals surface area contributed by atoms with Crippen LogP contribution in [0.25, 0.3) is 0 Å². The molecule has 1 N–H and O–H groups in total. The number of aryl methyl sites for hydroxylation is 1. The Bertz CT molecular complexity index is 454. The highest BCUT2D eigenvalue weighted by Crippen LogP contribution is 2.20. The van der Waals surface area contributed by atoms with E-state index in [1.54, 1.807) is 7.05 Å². The minimum atomic E-state index is -0.565. The number of hydrogen-bond donors (Lipinski definition) is 1. The molecule has 0 radical (unpaired) electrons. The molecule has 1 aromatic rings. The number of carbonyl (C=O) groups is 2. The lowest BCUT2D eigenvalue weighted by Gasteiger charge is -2.26. The zero-order valence-electron chi connectivity index (χ0n) is 12.8. The number of likely N-dealkylation sites (N-methyl/N-ethyl adjacent to an activating group) is 1. The molecule has 0 saturated carbocycles. The van der Waals surface area contributed by atoms with Crippen molar-refractivity contribution in [2.24, 2.45) is 0 Å². The number of carbonyl (C=O) groups excluding carboxylic acids is 2. The molecule has 0 aliphatic carbocycles. The van der Waals surface area contributed by atoms with Crippen LogP contribution in [0.15, 0.2) is 24.3 Å². The van der Waals surface area contributed by atoms with Gasteiger partial charge in [-0.1, -0.05) is 43.2 Å². The van der Waals surface area contributed by atoms with Crippen molar-refractivity contribution in [1.82, 2.24) is 10.2 Å². The van der Waals surface area contributed by atoms with Crippen LogP contribution in [0.5, 0.6) is 0 Å². The summed E-state index contributed by atoms with van der Waals surface area (Å²) in [5.74, 6) is -0.249. The molecule has 110 valence electrons. The first-order chi connectivity index (χ1) is 9.47. The Morgan fingerprint density at radius 1 is 1.25 bits per heavy atom. The molecule has 1 atom stereocenters. The van der Waals surface area contributed by atoms with Crippen LogP contribution in [0.2, 0.25) is 0 Å². The Morgan fingerprint density at radius 2 is 1.85 bits per heavy atom. The van der Waals surface area contributed by atoms with Gasteiger partial charge in [0.05, 0.1) is 0 Å². The van der Waals surface area contributed by atoms with E-state index in [1.165, 1.54) is 11.8 Å². The van der Waals surface area contributed by atoms with Crippen molar-refractivity contribution in [3.8, 4) is 0 Å². The number of rotatable bonds is 6. The van der Waals surface area contributed by atoms with Gasteiger partial charge in [0.25, 0.3) is 0 Å². The summed E-state index contributed by atoms with van der Waals surface area (Å²) in [4.78, 5) is 25.4. The van der Waals surface area contributed by atoms with Gasteiger partial charge in [0.15, 0.2) is 0 Å². The number of nitrogens with zero attached hydrogens (tertiary/aromatic N) is 1. The summed E-state index contributed by atoms with van der Waals surface area (Å²) in [6, 6.07) is 7.15. The average molecular weight is 276 g/mol. The minimum absolute atomic E-state index is 0.124. The monoisotopic (exact) mass is 276 g/mol. The van der Waals surface area contributed by atoms with E-state index in [0.717, 1.165) is 24.0 Å². The van der Waals surface area contributed by atoms with E-state index >= 15 is 0 Å². The summed E-state index contributed by atoms with van der Waals surface area (Å²) in [7, 11) is 1.66. The maximum atomic E-state index is 12.3. The SMILES string of the molecule is CCCCNC(=O)C(c1ccc(C)cc1)N(C)C(C)=O. The van der Waals surface area contributed by atoms with Crippen LogP contribution in [0, 0.1) is 6.92 Å². The highest BCUT2D eigenvalue weighted by Gasteiger charge is 2.26. The fraction of sp³-hybridized carbons (Fsp3) is 0.500. The predicted octanol–water partition coefficient (Wildman–Crippen LogP) is 2.43. The van der Waals surface area contributed by atoms with Crippen molar-refractivity contribution in [2.45, 2.75) is 39.7 Å². The van der Waals surface area contributed by atoms with Crippen molar-refractivity contribution < 1.29 is 9.59 Å². The lowest BCUT2D eigenvalue weighted by Crippen LogP contribution is -2.41. The maximum absolute atomic E-state index is 12.3. The Labute approximate surface area is 121 Å². The summed E-state index contributed by atoms with van der Waals surface area (Å²) in [5.41, 5.74) is 1.96. The summed E-state index contributed by atoms with van der Waals surface area (Å²) in [5, 5.41) is 2.90. The topological polar surface area (TPSA) is 49.4 Å². The van der Waals surface area contributed by atoms with E-state index in [9.17, 15) is 9.59 Å². The fourth-order valence-electron chi connectivity index (χ4n) is 1.97. The zero-order valence-corrected chi connectivity index (χ0v) is 12.8. The second-order valence-corrected chi connectivity index (χ2v) is 5.09. The molecular weight excluding hydrogens is 252 g/mol. The van der Waals surface area contributed by atoms with Crippen LogP contribution in [0.3, 0.4) is 0 Å². The Kier molecular flexibility index (Phi) is 6.22. The third kappa shape index (κ3) is 4.37. The molecule has 0 saturated heterocycles. The first-order valence-electron chi connectivity index (χ1n) is 7.05. The van der Waals surface area contributed by atoms with Gasteiger partial charge >= 0.3 is 0 Å². The van der Waals surface area contributed by atoms with Crippen molar-refractivity contribution in [2.75, 3.05) is 13.6 Å². The van der Waals surface area contributed by atoms with Crippen LogP contribution < -0.4 is 5.32 Å². The van der Waals surface area contributed by atoms with E-state index in [4.69, 9.17) is 0 Å². The molecule has 1 aromatic carbocycles. The molecule has 1 rings (SSSR count). The third-order valence-corrected chi connectivity index (χ3v) is 3.35. The average Bonchev–Trinajstić information content (AvgIpc) is 2.41. The summed E-state index contributed by atoms with van der Waals surface area (Å²) >= 11 is 0. The van der Waals surface area contributed by atoms with E-state index in [-0.39, 0.29) is 11.8 Å². The van der Waals surface area contributed by atoms with Gasteiger partial charge in [-0.2, -0.15) is 0 Å². The molecular formula is C16H24N2O2. The highest BCUT2D eigenvalue weighted by atomic mass is 16.2. The van der Waals surface area contributed by atoms with Gasteiger partial charge in [0, 0.05) is 20.5 Å². The predicted molar refractivity (Wildman–Crippen MR) is 80.3 cm³/mol. The smallest absolute Gasteiger partial charge is 0.247 e. The molecule has 0 aliphatic rings. The molecule has 0 spiro atoms. The maximum Gasteiger partial charge on any atom is 0.247 e. The second-order valence-electron chi connectivity index (χ2n) is 5.09. The van der Waals surface area contributed by atoms with Crippen molar-refractivity contribution in [3.63, 3.8) is 0 Å². The summed E-state index contributed by atoms with van der Waals surface area (Å²) in [6.07, 6.45) is 1.97. The molecule has 0 bridgehead atoms. The lowest BCUT2D eigenvalue weighted by molar-refractivity contribution is -0.137. The number of hydrogen-bond acceptors (Lipinski definition) is 2. The van der Waals surface area contributed by atoms with Crippen molar-refractivity contribution in [3.05, 3.63) is 35.4 Å². The normalized spacial score (nSPS) is 11.8. The molecule has 0 aliphatic heterocycles. The van der Waals surface area contributed by atoms with Gasteiger partial charge < -0.3 is 10.2 Å². The van der Waals surface area contributed by atoms with Crippen molar-refractivity contribution in [1.29, 1.82) is 0 Å². The highest BCUT2D eigenvalue weighted by molar-refractivity contribution is 5.87. The number of benzene rings is 1. The van der Waals surface area contributed by atoms with Crippen LogP contribution in [-0.2, 0) is 9.59 Å². The Morgan fingerprint density at radius 3 is 2.35 bits per heavy atom. The van der Waals surface area contributed by atoms with E-state index in [0.29, 0.717) is 6.54 Å². The Hall–Kier alpha value is -1.84. The van der Waals surface area contributed by atoms with Crippen molar-refractivity contribution >= 4 is 11.8 Å². The van der Waals surface area contributed by atoms with Crippen LogP contribution in [0.4, 0.5) is 0 Å². The van der Waals surface area contributed by atoms with Crippen LogP contribution in [-0.4, -0.2) is 30.3 Å². The molecule has 1 unspecified atom stereocenters. The van der Waals surface area contributed by atoms with E-state index in [2.05, 4.69) is 12.2 Å². The molecule has 2 amide bonds. The zero-order chi connectivity index (χ0) is 15.1. The molecule has 0 fully saturated rings. The van der Waals surface area contributed by atoms with E-state index < -0.39 is 6.04 Å². The first kappa shape index (κ1) is 16.2. The largest absolute Gasteiger partial charge is 0.354 e.